The van der Waals surface area contributed by atoms with E-state index in [2.05, 4.69) is 15.3 Å². The molecule has 2 rings (SSSR count). The fraction of sp³-hybridized carbons (Fsp3) is 0.0909. The van der Waals surface area contributed by atoms with Crippen LogP contribution in [0.25, 0.3) is 11.3 Å². The molecule has 2 aromatic rings. The van der Waals surface area contributed by atoms with Crippen molar-refractivity contribution in [2.45, 2.75) is 0 Å². The number of hydrogen-bond acceptors (Lipinski definition) is 3. The second-order valence-corrected chi connectivity index (χ2v) is 3.04. The number of nitrogens with one attached hydrogen (secondary N) is 1. The molecule has 0 bridgehead atoms. The van der Waals surface area contributed by atoms with Crippen molar-refractivity contribution in [3.05, 3.63) is 42.6 Å². The predicted octanol–water partition coefficient (Wildman–Crippen LogP) is 2.32. The summed E-state index contributed by atoms with van der Waals surface area (Å²) in [7, 11) is 1.81. The van der Waals surface area contributed by atoms with Gasteiger partial charge in [0, 0.05) is 30.7 Å². The third-order valence-electron chi connectivity index (χ3n) is 2.10. The number of halogens is 1. The van der Waals surface area contributed by atoms with Gasteiger partial charge >= 0.3 is 0 Å². The number of anilines is 1. The van der Waals surface area contributed by atoms with Crippen molar-refractivity contribution in [3.8, 4) is 11.3 Å². The number of pyridine rings is 2. The average Bonchev–Trinajstić information content (AvgIpc) is 2.30. The van der Waals surface area contributed by atoms with Crippen LogP contribution in [-0.2, 0) is 0 Å². The zero-order valence-electron chi connectivity index (χ0n) is 8.24. The van der Waals surface area contributed by atoms with Crippen LogP contribution in [0.3, 0.4) is 0 Å². The lowest BCUT2D eigenvalue weighted by Crippen LogP contribution is -1.92. The van der Waals surface area contributed by atoms with E-state index >= 15 is 0 Å². The first kappa shape index (κ1) is 9.58. The Morgan fingerprint density at radius 1 is 1.27 bits per heavy atom. The summed E-state index contributed by atoms with van der Waals surface area (Å²) in [6.45, 7) is 0. The molecular formula is C11H10FN3. The molecule has 15 heavy (non-hydrogen) atoms. The lowest BCUT2D eigenvalue weighted by atomic mass is 10.1. The largest absolute Gasteiger partial charge is 0.388 e. The molecule has 1 N–H and O–H groups in total. The van der Waals surface area contributed by atoms with E-state index in [4.69, 9.17) is 0 Å². The summed E-state index contributed by atoms with van der Waals surface area (Å²) in [6, 6.07) is 5.22. The Labute approximate surface area is 87.0 Å². The van der Waals surface area contributed by atoms with Crippen molar-refractivity contribution < 1.29 is 4.39 Å². The highest BCUT2D eigenvalue weighted by Gasteiger charge is 2.05. The van der Waals surface area contributed by atoms with Crippen LogP contribution in [0.15, 0.2) is 36.8 Å². The average molecular weight is 203 g/mol. The van der Waals surface area contributed by atoms with E-state index in [0.29, 0.717) is 11.3 Å². The molecule has 0 aromatic carbocycles. The van der Waals surface area contributed by atoms with E-state index in [9.17, 15) is 4.39 Å². The van der Waals surface area contributed by atoms with Crippen molar-refractivity contribution in [3.63, 3.8) is 0 Å². The first-order valence-electron chi connectivity index (χ1n) is 4.55. The first-order valence-corrected chi connectivity index (χ1v) is 4.55. The molecule has 0 aliphatic carbocycles. The van der Waals surface area contributed by atoms with Gasteiger partial charge in [0.15, 0.2) is 5.82 Å². The standard InChI is InChI=1S/C11H10FN3/c1-13-8-2-5-15-11(6-8)9-3-4-14-7-10(9)12/h2-7H,1H3,(H,13,15). The Hall–Kier alpha value is -1.97. The Bertz CT molecular complexity index is 471. The topological polar surface area (TPSA) is 37.8 Å². The second-order valence-electron chi connectivity index (χ2n) is 3.04. The highest BCUT2D eigenvalue weighted by molar-refractivity contribution is 5.63. The van der Waals surface area contributed by atoms with Gasteiger partial charge in [0.05, 0.1) is 11.9 Å². The van der Waals surface area contributed by atoms with Crippen LogP contribution < -0.4 is 5.32 Å². The smallest absolute Gasteiger partial charge is 0.150 e. The van der Waals surface area contributed by atoms with Gasteiger partial charge < -0.3 is 5.32 Å². The number of rotatable bonds is 2. The summed E-state index contributed by atoms with van der Waals surface area (Å²) >= 11 is 0. The molecule has 0 fully saturated rings. The molecule has 2 aromatic heterocycles. The lowest BCUT2D eigenvalue weighted by Gasteiger charge is -2.04. The molecule has 0 saturated carbocycles. The van der Waals surface area contributed by atoms with E-state index in [1.165, 1.54) is 6.20 Å². The summed E-state index contributed by atoms with van der Waals surface area (Å²) in [5.41, 5.74) is 1.96. The van der Waals surface area contributed by atoms with E-state index < -0.39 is 0 Å². The molecule has 0 radical (unpaired) electrons. The minimum Gasteiger partial charge on any atom is -0.388 e. The van der Waals surface area contributed by atoms with Gasteiger partial charge in [0.25, 0.3) is 0 Å². The maximum Gasteiger partial charge on any atom is 0.150 e. The Morgan fingerprint density at radius 2 is 2.13 bits per heavy atom. The van der Waals surface area contributed by atoms with Crippen LogP contribution in [-0.4, -0.2) is 17.0 Å². The van der Waals surface area contributed by atoms with E-state index in [-0.39, 0.29) is 5.82 Å². The first-order chi connectivity index (χ1) is 7.31. The van der Waals surface area contributed by atoms with Crippen LogP contribution >= 0.6 is 0 Å². The van der Waals surface area contributed by atoms with Gasteiger partial charge in [0.1, 0.15) is 0 Å². The summed E-state index contributed by atoms with van der Waals surface area (Å²) < 4.78 is 13.4. The van der Waals surface area contributed by atoms with Gasteiger partial charge in [-0.05, 0) is 18.2 Å². The molecular weight excluding hydrogens is 193 g/mol. The molecule has 0 unspecified atom stereocenters. The molecule has 0 spiro atoms. The van der Waals surface area contributed by atoms with Crippen molar-refractivity contribution in [1.82, 2.24) is 9.97 Å². The third-order valence-corrected chi connectivity index (χ3v) is 2.10. The van der Waals surface area contributed by atoms with Crippen LogP contribution in [0.5, 0.6) is 0 Å². The Balaban J connectivity index is 2.49. The van der Waals surface area contributed by atoms with Gasteiger partial charge in [-0.3, -0.25) is 9.97 Å². The van der Waals surface area contributed by atoms with Gasteiger partial charge in [-0.1, -0.05) is 0 Å². The number of aromatic nitrogens is 2. The summed E-state index contributed by atoms with van der Waals surface area (Å²) in [5, 5.41) is 2.98. The Morgan fingerprint density at radius 3 is 2.87 bits per heavy atom. The van der Waals surface area contributed by atoms with Crippen LogP contribution in [0.2, 0.25) is 0 Å². The molecule has 0 aliphatic rings. The maximum atomic E-state index is 13.4. The maximum absolute atomic E-state index is 13.4. The van der Waals surface area contributed by atoms with E-state index in [0.717, 1.165) is 5.69 Å². The molecule has 0 atom stereocenters. The minimum absolute atomic E-state index is 0.363. The number of nitrogens with zero attached hydrogens (tertiary/aromatic N) is 2. The molecule has 0 amide bonds. The van der Waals surface area contributed by atoms with E-state index in [1.807, 2.05) is 13.1 Å². The van der Waals surface area contributed by atoms with Gasteiger partial charge in [-0.25, -0.2) is 4.39 Å². The quantitative estimate of drug-likeness (QED) is 0.813. The third kappa shape index (κ3) is 1.93. The predicted molar refractivity (Wildman–Crippen MR) is 57.0 cm³/mol. The minimum atomic E-state index is -0.363. The fourth-order valence-corrected chi connectivity index (χ4v) is 1.32. The zero-order valence-corrected chi connectivity index (χ0v) is 8.24. The van der Waals surface area contributed by atoms with Crippen molar-refractivity contribution in [2.75, 3.05) is 12.4 Å². The SMILES string of the molecule is CNc1ccnc(-c2ccncc2F)c1. The molecule has 3 nitrogen and oxygen atoms in total. The molecule has 0 saturated heterocycles. The van der Waals surface area contributed by atoms with Crippen molar-refractivity contribution in [2.24, 2.45) is 0 Å². The molecule has 4 heteroatoms. The van der Waals surface area contributed by atoms with Gasteiger partial charge in [-0.2, -0.15) is 0 Å². The summed E-state index contributed by atoms with van der Waals surface area (Å²) in [5.74, 6) is -0.363. The molecule has 2 heterocycles. The molecule has 76 valence electrons. The van der Waals surface area contributed by atoms with Crippen LogP contribution in [0, 0.1) is 5.82 Å². The highest BCUT2D eigenvalue weighted by atomic mass is 19.1. The number of hydrogen-bond donors (Lipinski definition) is 1. The zero-order chi connectivity index (χ0) is 10.7. The summed E-state index contributed by atoms with van der Waals surface area (Å²) in [6.07, 6.45) is 4.37. The normalized spacial score (nSPS) is 10.0. The van der Waals surface area contributed by atoms with Gasteiger partial charge in [-0.15, -0.1) is 0 Å². The Kier molecular flexibility index (Phi) is 2.58. The van der Waals surface area contributed by atoms with Crippen LogP contribution in [0.4, 0.5) is 10.1 Å². The highest BCUT2D eigenvalue weighted by Crippen LogP contribution is 2.21. The molecule has 0 aliphatic heterocycles. The monoisotopic (exact) mass is 203 g/mol. The van der Waals surface area contributed by atoms with E-state index in [1.54, 1.807) is 24.5 Å². The van der Waals surface area contributed by atoms with Gasteiger partial charge in [0.2, 0.25) is 0 Å². The van der Waals surface area contributed by atoms with Crippen LogP contribution in [0.1, 0.15) is 0 Å². The van der Waals surface area contributed by atoms with Crippen molar-refractivity contribution >= 4 is 5.69 Å². The lowest BCUT2D eigenvalue weighted by molar-refractivity contribution is 0.624. The summed E-state index contributed by atoms with van der Waals surface area (Å²) in [4.78, 5) is 7.81. The van der Waals surface area contributed by atoms with Crippen molar-refractivity contribution in [1.29, 1.82) is 0 Å². The second kappa shape index (κ2) is 4.04. The fourth-order valence-electron chi connectivity index (χ4n) is 1.32.